The molecular formula is C18H24N4O2S. The van der Waals surface area contributed by atoms with Gasteiger partial charge in [-0.1, -0.05) is 6.92 Å². The number of nitrogens with one attached hydrogen (secondary N) is 1. The summed E-state index contributed by atoms with van der Waals surface area (Å²) in [5, 5.41) is 11.9. The minimum atomic E-state index is -0.209. The minimum absolute atomic E-state index is 0.209. The van der Waals surface area contributed by atoms with Gasteiger partial charge in [-0.2, -0.15) is 5.26 Å². The van der Waals surface area contributed by atoms with Crippen molar-refractivity contribution in [1.29, 1.82) is 5.26 Å². The Morgan fingerprint density at radius 1 is 1.28 bits per heavy atom. The zero-order chi connectivity index (χ0) is 18.1. The molecule has 0 aliphatic carbocycles. The minimum Gasteiger partial charge on any atom is -0.494 e. The number of carbonyl (C=O) groups excluding carboxylic acids is 1. The van der Waals surface area contributed by atoms with Crippen LogP contribution in [0, 0.1) is 11.3 Å². The van der Waals surface area contributed by atoms with Crippen LogP contribution in [0.1, 0.15) is 30.1 Å². The maximum Gasteiger partial charge on any atom is 0.257 e. The average Bonchev–Trinajstić information content (AvgIpc) is 2.65. The summed E-state index contributed by atoms with van der Waals surface area (Å²) in [6, 6.07) is 9.23. The zero-order valence-corrected chi connectivity index (χ0v) is 15.3. The fourth-order valence-corrected chi connectivity index (χ4v) is 2.83. The van der Waals surface area contributed by atoms with Gasteiger partial charge in [-0.25, -0.2) is 0 Å². The standard InChI is InChI=1S/C18H24N4O2S/c1-2-14-24-16-6-4-15(5-7-16)17(23)20-18(25)22-12-10-21(11-13-22)9-3-8-19/h4-7H,2-3,9-14H2,1H3,(H,20,23,25). The van der Waals surface area contributed by atoms with Crippen LogP contribution in [0.25, 0.3) is 0 Å². The molecule has 1 aliphatic heterocycles. The predicted molar refractivity (Wildman–Crippen MR) is 101 cm³/mol. The van der Waals surface area contributed by atoms with Crippen LogP contribution >= 0.6 is 12.2 Å². The molecule has 1 N–H and O–H groups in total. The Morgan fingerprint density at radius 2 is 1.96 bits per heavy atom. The number of hydrogen-bond donors (Lipinski definition) is 1. The van der Waals surface area contributed by atoms with E-state index in [1.54, 1.807) is 24.3 Å². The predicted octanol–water partition coefficient (Wildman–Crippen LogP) is 2.02. The van der Waals surface area contributed by atoms with Gasteiger partial charge in [0.1, 0.15) is 5.75 Å². The molecule has 0 atom stereocenters. The van der Waals surface area contributed by atoms with Gasteiger partial charge < -0.3 is 9.64 Å². The van der Waals surface area contributed by atoms with E-state index >= 15 is 0 Å². The molecule has 0 spiro atoms. The Hall–Kier alpha value is -2.17. The Bertz CT molecular complexity index is 619. The summed E-state index contributed by atoms with van der Waals surface area (Å²) >= 11 is 5.36. The van der Waals surface area contributed by atoms with Gasteiger partial charge in [0, 0.05) is 44.7 Å². The molecule has 1 aromatic rings. The van der Waals surface area contributed by atoms with Crippen LogP contribution in [0.3, 0.4) is 0 Å². The Labute approximate surface area is 154 Å². The van der Waals surface area contributed by atoms with Gasteiger partial charge in [-0.3, -0.25) is 15.0 Å². The summed E-state index contributed by atoms with van der Waals surface area (Å²) in [6.07, 6.45) is 1.49. The highest BCUT2D eigenvalue weighted by atomic mass is 32.1. The van der Waals surface area contributed by atoms with Gasteiger partial charge in [-0.05, 0) is 42.9 Å². The van der Waals surface area contributed by atoms with Crippen LogP contribution in [0.2, 0.25) is 0 Å². The molecule has 1 saturated heterocycles. The molecule has 0 unspecified atom stereocenters. The Morgan fingerprint density at radius 3 is 2.56 bits per heavy atom. The van der Waals surface area contributed by atoms with E-state index < -0.39 is 0 Å². The van der Waals surface area contributed by atoms with Crippen molar-refractivity contribution in [2.75, 3.05) is 39.3 Å². The summed E-state index contributed by atoms with van der Waals surface area (Å²) < 4.78 is 5.51. The molecule has 1 fully saturated rings. The Kier molecular flexibility index (Phi) is 7.64. The second-order valence-corrected chi connectivity index (χ2v) is 6.26. The molecule has 0 saturated carbocycles. The van der Waals surface area contributed by atoms with Crippen LogP contribution < -0.4 is 10.1 Å². The zero-order valence-electron chi connectivity index (χ0n) is 14.5. The number of benzene rings is 1. The monoisotopic (exact) mass is 360 g/mol. The lowest BCUT2D eigenvalue weighted by molar-refractivity contribution is 0.0969. The van der Waals surface area contributed by atoms with Crippen molar-refractivity contribution in [3.8, 4) is 11.8 Å². The second-order valence-electron chi connectivity index (χ2n) is 5.87. The maximum absolute atomic E-state index is 12.3. The van der Waals surface area contributed by atoms with Crippen LogP contribution in [-0.2, 0) is 0 Å². The first-order valence-corrected chi connectivity index (χ1v) is 8.97. The van der Waals surface area contributed by atoms with Gasteiger partial charge in [0.15, 0.2) is 5.11 Å². The molecular weight excluding hydrogens is 336 g/mol. The first-order chi connectivity index (χ1) is 12.1. The number of thiocarbonyl (C=S) groups is 1. The summed E-state index contributed by atoms with van der Waals surface area (Å²) in [5.41, 5.74) is 0.554. The average molecular weight is 360 g/mol. The lowest BCUT2D eigenvalue weighted by Crippen LogP contribution is -2.52. The summed E-state index contributed by atoms with van der Waals surface area (Å²) in [4.78, 5) is 16.5. The summed E-state index contributed by atoms with van der Waals surface area (Å²) in [6.45, 7) is 6.71. The smallest absolute Gasteiger partial charge is 0.257 e. The molecule has 1 aromatic carbocycles. The van der Waals surface area contributed by atoms with E-state index in [9.17, 15) is 4.79 Å². The first-order valence-electron chi connectivity index (χ1n) is 8.56. The number of amides is 1. The highest BCUT2D eigenvalue weighted by Crippen LogP contribution is 2.12. The molecule has 6 nitrogen and oxygen atoms in total. The molecule has 1 heterocycles. The third kappa shape index (κ3) is 6.00. The van der Waals surface area contributed by atoms with Gasteiger partial charge in [0.05, 0.1) is 12.7 Å². The van der Waals surface area contributed by atoms with Gasteiger partial charge >= 0.3 is 0 Å². The lowest BCUT2D eigenvalue weighted by atomic mass is 10.2. The summed E-state index contributed by atoms with van der Waals surface area (Å²) in [7, 11) is 0. The van der Waals surface area contributed by atoms with E-state index in [-0.39, 0.29) is 5.91 Å². The molecule has 1 aliphatic rings. The van der Waals surface area contributed by atoms with Crippen molar-refractivity contribution in [3.63, 3.8) is 0 Å². The van der Waals surface area contributed by atoms with Crippen molar-refractivity contribution in [3.05, 3.63) is 29.8 Å². The number of carbonyl (C=O) groups is 1. The van der Waals surface area contributed by atoms with Gasteiger partial charge in [0.25, 0.3) is 5.91 Å². The number of rotatable bonds is 6. The van der Waals surface area contributed by atoms with Crippen molar-refractivity contribution in [1.82, 2.24) is 15.1 Å². The number of hydrogen-bond acceptors (Lipinski definition) is 5. The largest absolute Gasteiger partial charge is 0.494 e. The quantitative estimate of drug-likeness (QED) is 0.783. The SMILES string of the molecule is CCCOc1ccc(C(=O)NC(=S)N2CCN(CCC#N)CC2)cc1. The van der Waals surface area contributed by atoms with Gasteiger partial charge in [-0.15, -0.1) is 0 Å². The third-order valence-electron chi connectivity index (χ3n) is 4.01. The fraction of sp³-hybridized carbons (Fsp3) is 0.500. The van der Waals surface area contributed by atoms with E-state index in [0.717, 1.165) is 44.9 Å². The van der Waals surface area contributed by atoms with Crippen LogP contribution in [-0.4, -0.2) is 60.2 Å². The van der Waals surface area contributed by atoms with Crippen molar-refractivity contribution in [2.24, 2.45) is 0 Å². The lowest BCUT2D eigenvalue weighted by Gasteiger charge is -2.35. The Balaban J connectivity index is 1.80. The van der Waals surface area contributed by atoms with Crippen LogP contribution in [0.15, 0.2) is 24.3 Å². The fourth-order valence-electron chi connectivity index (χ4n) is 2.55. The van der Waals surface area contributed by atoms with Crippen LogP contribution in [0.4, 0.5) is 0 Å². The highest BCUT2D eigenvalue weighted by Gasteiger charge is 2.20. The summed E-state index contributed by atoms with van der Waals surface area (Å²) in [5.74, 6) is 0.549. The molecule has 7 heteroatoms. The third-order valence-corrected chi connectivity index (χ3v) is 4.37. The van der Waals surface area contributed by atoms with Crippen LogP contribution in [0.5, 0.6) is 5.75 Å². The molecule has 2 rings (SSSR count). The van der Waals surface area contributed by atoms with Crippen molar-refractivity contribution < 1.29 is 9.53 Å². The normalized spacial score (nSPS) is 14.6. The molecule has 25 heavy (non-hydrogen) atoms. The molecule has 0 aromatic heterocycles. The van der Waals surface area contributed by atoms with Gasteiger partial charge in [0.2, 0.25) is 0 Å². The number of nitrogens with zero attached hydrogens (tertiary/aromatic N) is 3. The molecule has 1 amide bonds. The van der Waals surface area contributed by atoms with E-state index in [0.29, 0.717) is 23.7 Å². The number of piperazine rings is 1. The number of nitriles is 1. The van der Waals surface area contributed by atoms with E-state index in [1.807, 2.05) is 11.8 Å². The van der Waals surface area contributed by atoms with E-state index in [2.05, 4.69) is 16.3 Å². The molecule has 0 bridgehead atoms. The molecule has 134 valence electrons. The first kappa shape index (κ1) is 19.2. The van der Waals surface area contributed by atoms with E-state index in [1.165, 1.54) is 0 Å². The van der Waals surface area contributed by atoms with Crippen molar-refractivity contribution in [2.45, 2.75) is 19.8 Å². The highest BCUT2D eigenvalue weighted by molar-refractivity contribution is 7.80. The van der Waals surface area contributed by atoms with Crippen molar-refractivity contribution >= 4 is 23.2 Å². The maximum atomic E-state index is 12.3. The topological polar surface area (TPSA) is 68.6 Å². The molecule has 0 radical (unpaired) electrons. The second kappa shape index (κ2) is 9.97. The number of ether oxygens (including phenoxy) is 1. The van der Waals surface area contributed by atoms with E-state index in [4.69, 9.17) is 22.2 Å².